The molecule has 0 fully saturated rings. The molecule has 0 spiro atoms. The van der Waals surface area contributed by atoms with Gasteiger partial charge in [0.1, 0.15) is 0 Å². The van der Waals surface area contributed by atoms with Crippen molar-refractivity contribution in [3.63, 3.8) is 0 Å². The molecule has 0 unspecified atom stereocenters. The van der Waals surface area contributed by atoms with Gasteiger partial charge in [0.05, 0.1) is 0 Å². The SMILES string of the molecule is O=S(O)O.[Na+].[Na+].[S-2]. The van der Waals surface area contributed by atoms with Gasteiger partial charge in [-0.1, -0.05) is 0 Å². The summed E-state index contributed by atoms with van der Waals surface area (Å²) in [6, 6.07) is 0. The van der Waals surface area contributed by atoms with Crippen molar-refractivity contribution in [2.75, 3.05) is 0 Å². The van der Waals surface area contributed by atoms with Gasteiger partial charge in [-0.05, 0) is 0 Å². The summed E-state index contributed by atoms with van der Waals surface area (Å²) in [6.45, 7) is 0. The van der Waals surface area contributed by atoms with Crippen LogP contribution in [0.1, 0.15) is 0 Å². The van der Waals surface area contributed by atoms with Gasteiger partial charge >= 0.3 is 59.1 Å². The van der Waals surface area contributed by atoms with E-state index in [9.17, 15) is 0 Å². The molecular weight excluding hydrogens is 158 g/mol. The van der Waals surface area contributed by atoms with Crippen molar-refractivity contribution in [2.24, 2.45) is 0 Å². The fourth-order valence-corrected chi connectivity index (χ4v) is 0. The normalized spacial score (nSPS) is 5.00. The van der Waals surface area contributed by atoms with Crippen LogP contribution in [0, 0.1) is 0 Å². The van der Waals surface area contributed by atoms with E-state index < -0.39 is 11.4 Å². The summed E-state index contributed by atoms with van der Waals surface area (Å²) in [7, 11) is 0. The number of hydrogen-bond acceptors (Lipinski definition) is 1. The van der Waals surface area contributed by atoms with Crippen LogP contribution < -0.4 is 59.1 Å². The minimum absolute atomic E-state index is 0. The largest absolute Gasteiger partial charge is 2.00 e. The van der Waals surface area contributed by atoms with E-state index in [4.69, 9.17) is 13.3 Å². The average molecular weight is 160 g/mol. The van der Waals surface area contributed by atoms with E-state index in [0.717, 1.165) is 0 Å². The number of rotatable bonds is 0. The van der Waals surface area contributed by atoms with Crippen molar-refractivity contribution < 1.29 is 72.4 Å². The van der Waals surface area contributed by atoms with Gasteiger partial charge in [0.25, 0.3) is 11.4 Å². The fraction of sp³-hybridized carbons (Fsp3) is 0. The molecule has 0 aliphatic heterocycles. The van der Waals surface area contributed by atoms with Crippen molar-refractivity contribution in [2.45, 2.75) is 0 Å². The molecule has 0 radical (unpaired) electrons. The minimum Gasteiger partial charge on any atom is -2.00 e. The van der Waals surface area contributed by atoms with Crippen LogP contribution in [0.25, 0.3) is 0 Å². The van der Waals surface area contributed by atoms with E-state index in [1.165, 1.54) is 0 Å². The Balaban J connectivity index is -0.0000000150. The molecule has 7 heavy (non-hydrogen) atoms. The Morgan fingerprint density at radius 3 is 1.14 bits per heavy atom. The quantitative estimate of drug-likeness (QED) is 0.274. The molecule has 0 aliphatic carbocycles. The molecule has 0 heterocycles. The number of hydrogen-bond donors (Lipinski definition) is 2. The smallest absolute Gasteiger partial charge is 1.00 e. The molecule has 0 bridgehead atoms. The van der Waals surface area contributed by atoms with Crippen molar-refractivity contribution in [3.05, 3.63) is 0 Å². The molecule has 0 amide bonds. The zero-order valence-corrected chi connectivity index (χ0v) is 9.75. The van der Waals surface area contributed by atoms with Crippen molar-refractivity contribution in [1.29, 1.82) is 0 Å². The van der Waals surface area contributed by atoms with Crippen LogP contribution in [0.4, 0.5) is 0 Å². The standard InChI is InChI=1S/2Na.H2O3S.S/c;;1-4(2)3;/h;;(H2,1,2,3);/q2*+1;;-2. The van der Waals surface area contributed by atoms with Crippen LogP contribution in [0.3, 0.4) is 0 Å². The van der Waals surface area contributed by atoms with Crippen LogP contribution >= 0.6 is 0 Å². The third-order valence-electron chi connectivity index (χ3n) is 0. The predicted octanol–water partition coefficient (Wildman–Crippen LogP) is -6.31. The summed E-state index contributed by atoms with van der Waals surface area (Å²) in [5.41, 5.74) is 0. The Morgan fingerprint density at radius 1 is 1.14 bits per heavy atom. The van der Waals surface area contributed by atoms with Gasteiger partial charge in [-0.25, -0.2) is 0 Å². The molecule has 7 heteroatoms. The third-order valence-corrected chi connectivity index (χ3v) is 0. The van der Waals surface area contributed by atoms with Crippen LogP contribution in [0.5, 0.6) is 0 Å². The van der Waals surface area contributed by atoms with Crippen LogP contribution in [-0.2, 0) is 24.9 Å². The first kappa shape index (κ1) is 22.7. The van der Waals surface area contributed by atoms with Gasteiger partial charge < -0.3 is 13.5 Å². The third kappa shape index (κ3) is 59.3. The molecule has 0 saturated carbocycles. The Kier molecular flexibility index (Phi) is 51.3. The second-order valence-electron chi connectivity index (χ2n) is 0.231. The molecule has 0 atom stereocenters. The molecule has 2 N–H and O–H groups in total. The van der Waals surface area contributed by atoms with Gasteiger partial charge in [-0.15, -0.1) is 0 Å². The van der Waals surface area contributed by atoms with Gasteiger partial charge in [-0.3, -0.25) is 9.11 Å². The van der Waals surface area contributed by atoms with E-state index in [1.807, 2.05) is 0 Å². The molecule has 34 valence electrons. The van der Waals surface area contributed by atoms with Crippen LogP contribution in [0.2, 0.25) is 0 Å². The summed E-state index contributed by atoms with van der Waals surface area (Å²) in [5.74, 6) is 0. The topological polar surface area (TPSA) is 57.5 Å². The van der Waals surface area contributed by atoms with Crippen LogP contribution in [0.15, 0.2) is 0 Å². The molecule has 0 aromatic heterocycles. The molecular formula is H2Na2O3S2. The molecule has 0 aromatic carbocycles. The summed E-state index contributed by atoms with van der Waals surface area (Å²) in [6.07, 6.45) is 0. The van der Waals surface area contributed by atoms with Gasteiger partial charge in [0, 0.05) is 0 Å². The predicted molar refractivity (Wildman–Crippen MR) is 20.8 cm³/mol. The maximum Gasteiger partial charge on any atom is 1.00 e. The molecule has 0 aromatic rings. The maximum absolute atomic E-state index is 8.67. The van der Waals surface area contributed by atoms with Gasteiger partial charge in [0.2, 0.25) is 0 Å². The Hall–Kier alpha value is 2.42. The van der Waals surface area contributed by atoms with Crippen molar-refractivity contribution in [3.8, 4) is 0 Å². The Labute approximate surface area is 95.8 Å². The molecule has 0 saturated heterocycles. The second kappa shape index (κ2) is 15.8. The summed E-state index contributed by atoms with van der Waals surface area (Å²) in [5, 5.41) is 0. The monoisotopic (exact) mass is 160 g/mol. The summed E-state index contributed by atoms with van der Waals surface area (Å²) >= 11 is -2.61. The van der Waals surface area contributed by atoms with Gasteiger partial charge in [-0.2, -0.15) is 4.21 Å². The van der Waals surface area contributed by atoms with Crippen LogP contribution in [-0.4, -0.2) is 13.3 Å². The fourth-order valence-electron chi connectivity index (χ4n) is 0. The van der Waals surface area contributed by atoms with E-state index in [0.29, 0.717) is 0 Å². The van der Waals surface area contributed by atoms with E-state index in [2.05, 4.69) is 0 Å². The zero-order chi connectivity index (χ0) is 3.58. The van der Waals surface area contributed by atoms with Crippen molar-refractivity contribution in [1.82, 2.24) is 0 Å². The van der Waals surface area contributed by atoms with Crippen molar-refractivity contribution >= 4 is 24.9 Å². The maximum atomic E-state index is 8.67. The summed E-state index contributed by atoms with van der Waals surface area (Å²) in [4.78, 5) is 0. The second-order valence-corrected chi connectivity index (χ2v) is 0.692. The van der Waals surface area contributed by atoms with E-state index >= 15 is 0 Å². The first-order valence-electron chi connectivity index (χ1n) is 0.532. The van der Waals surface area contributed by atoms with Gasteiger partial charge in [0.15, 0.2) is 0 Å². The molecule has 0 aliphatic rings. The van der Waals surface area contributed by atoms with E-state index in [-0.39, 0.29) is 72.6 Å². The summed E-state index contributed by atoms with van der Waals surface area (Å²) < 4.78 is 22.8. The molecule has 3 nitrogen and oxygen atoms in total. The molecule has 0 rings (SSSR count). The van der Waals surface area contributed by atoms with E-state index in [1.54, 1.807) is 0 Å². The Bertz CT molecular complexity index is 33.9. The average Bonchev–Trinajstić information content (AvgIpc) is 0.811. The first-order chi connectivity index (χ1) is 1.73. The first-order valence-corrected chi connectivity index (χ1v) is 1.60. The Morgan fingerprint density at radius 2 is 1.14 bits per heavy atom. The minimum atomic E-state index is -2.61. The zero-order valence-electron chi connectivity index (χ0n) is 4.12.